The molecule has 0 radical (unpaired) electrons. The fourth-order valence-electron chi connectivity index (χ4n) is 4.47. The summed E-state index contributed by atoms with van der Waals surface area (Å²) in [5.74, 6) is 0.255. The Hall–Kier alpha value is -3.61. The number of aryl methyl sites for hydroxylation is 1. The summed E-state index contributed by atoms with van der Waals surface area (Å²) in [7, 11) is 0. The van der Waals surface area contributed by atoms with Crippen LogP contribution >= 0.6 is 0 Å². The summed E-state index contributed by atoms with van der Waals surface area (Å²) in [6, 6.07) is 16.6. The van der Waals surface area contributed by atoms with Gasteiger partial charge in [-0.2, -0.15) is 13.2 Å². The predicted octanol–water partition coefficient (Wildman–Crippen LogP) is 5.54. The van der Waals surface area contributed by atoms with Crippen LogP contribution in [0.5, 0.6) is 11.5 Å². The van der Waals surface area contributed by atoms with Gasteiger partial charge in [0, 0.05) is 5.56 Å². The van der Waals surface area contributed by atoms with E-state index in [0.717, 1.165) is 34.0 Å². The number of para-hydroxylation sites is 1. The molecule has 0 saturated carbocycles. The van der Waals surface area contributed by atoms with Crippen LogP contribution in [0.4, 0.5) is 18.9 Å². The molecular formula is C24H19F3N2O2. The lowest BCUT2D eigenvalue weighted by Crippen LogP contribution is -2.35. The summed E-state index contributed by atoms with van der Waals surface area (Å²) >= 11 is 0. The Bertz CT molecular complexity index is 1190. The highest BCUT2D eigenvalue weighted by atomic mass is 19.4. The molecular weight excluding hydrogens is 405 g/mol. The van der Waals surface area contributed by atoms with Crippen molar-refractivity contribution in [3.63, 3.8) is 0 Å². The van der Waals surface area contributed by atoms with E-state index in [1.54, 1.807) is 41.4 Å². The summed E-state index contributed by atoms with van der Waals surface area (Å²) in [6.07, 6.45) is -3.20. The molecule has 1 aliphatic heterocycles. The number of phenolic OH excluding ortho intramolecular Hbond substituents is 2. The van der Waals surface area contributed by atoms with Crippen molar-refractivity contribution in [1.82, 2.24) is 5.43 Å². The van der Waals surface area contributed by atoms with E-state index in [9.17, 15) is 23.4 Å². The van der Waals surface area contributed by atoms with Crippen molar-refractivity contribution < 1.29 is 23.4 Å². The third-order valence-corrected chi connectivity index (χ3v) is 5.84. The number of phenols is 2. The minimum Gasteiger partial charge on any atom is -0.508 e. The van der Waals surface area contributed by atoms with Gasteiger partial charge in [-0.1, -0.05) is 24.3 Å². The van der Waals surface area contributed by atoms with Gasteiger partial charge in [-0.25, -0.2) is 0 Å². The second-order valence-corrected chi connectivity index (χ2v) is 7.73. The van der Waals surface area contributed by atoms with Crippen LogP contribution in [-0.2, 0) is 12.6 Å². The van der Waals surface area contributed by atoms with Crippen molar-refractivity contribution in [1.29, 1.82) is 0 Å². The number of halogens is 3. The van der Waals surface area contributed by atoms with Crippen LogP contribution in [0.25, 0.3) is 5.70 Å². The van der Waals surface area contributed by atoms with E-state index >= 15 is 0 Å². The molecule has 5 rings (SSSR count). The number of fused-ring (bicyclic) bond motifs is 2. The lowest BCUT2D eigenvalue weighted by atomic mass is 9.85. The van der Waals surface area contributed by atoms with E-state index in [2.05, 4.69) is 5.43 Å². The van der Waals surface area contributed by atoms with Gasteiger partial charge in [-0.3, -0.25) is 10.4 Å². The normalized spacial score (nSPS) is 17.9. The minimum atomic E-state index is -4.51. The van der Waals surface area contributed by atoms with Crippen LogP contribution in [0.2, 0.25) is 0 Å². The summed E-state index contributed by atoms with van der Waals surface area (Å²) in [5.41, 5.74) is 6.86. The molecule has 3 N–H and O–H groups in total. The van der Waals surface area contributed by atoms with Gasteiger partial charge >= 0.3 is 6.18 Å². The number of nitrogens with one attached hydrogen (secondary N) is 1. The summed E-state index contributed by atoms with van der Waals surface area (Å²) in [4.78, 5) is 0. The molecule has 31 heavy (non-hydrogen) atoms. The zero-order valence-corrected chi connectivity index (χ0v) is 16.3. The zero-order chi connectivity index (χ0) is 21.8. The number of benzene rings is 3. The van der Waals surface area contributed by atoms with E-state index in [1.165, 1.54) is 24.3 Å². The number of aromatic hydroxyl groups is 2. The van der Waals surface area contributed by atoms with Gasteiger partial charge in [0.25, 0.3) is 0 Å². The number of nitrogens with zero attached hydrogens (tertiary/aromatic N) is 1. The van der Waals surface area contributed by atoms with Crippen LogP contribution in [0.3, 0.4) is 0 Å². The van der Waals surface area contributed by atoms with Crippen LogP contribution in [-0.4, -0.2) is 10.2 Å². The van der Waals surface area contributed by atoms with Crippen LogP contribution < -0.4 is 10.4 Å². The van der Waals surface area contributed by atoms with E-state index in [1.807, 2.05) is 0 Å². The number of hydrogen-bond acceptors (Lipinski definition) is 4. The Balaban J connectivity index is 1.68. The SMILES string of the molecule is Oc1ccc(C2C3=C(NN2c2ccccc2C(F)(F)F)c2ccc(O)cc2CC3)cc1. The highest BCUT2D eigenvalue weighted by molar-refractivity contribution is 5.80. The minimum absolute atomic E-state index is 0.0304. The molecule has 7 heteroatoms. The maximum atomic E-state index is 13.8. The van der Waals surface area contributed by atoms with Crippen LogP contribution in [0.1, 0.15) is 34.7 Å². The quantitative estimate of drug-likeness (QED) is 0.506. The Morgan fingerprint density at radius 2 is 1.58 bits per heavy atom. The number of alkyl halides is 3. The topological polar surface area (TPSA) is 55.7 Å². The highest BCUT2D eigenvalue weighted by Crippen LogP contribution is 2.48. The average molecular weight is 424 g/mol. The van der Waals surface area contributed by atoms with Gasteiger partial charge in [0.1, 0.15) is 11.5 Å². The standard InChI is InChI=1S/C24H19F3N2O2/c25-24(26,27)20-3-1-2-4-21(20)29-23(14-5-8-16(30)9-6-14)19-11-7-15-13-17(31)10-12-18(15)22(19)28-29/h1-6,8-10,12-13,23,28,30-31H,7,11H2. The van der Waals surface area contributed by atoms with Gasteiger partial charge in [0.2, 0.25) is 0 Å². The first-order valence-corrected chi connectivity index (χ1v) is 9.89. The van der Waals surface area contributed by atoms with Gasteiger partial charge in [0.05, 0.1) is 23.0 Å². The molecule has 0 saturated heterocycles. The number of anilines is 1. The smallest absolute Gasteiger partial charge is 0.418 e. The summed E-state index contributed by atoms with van der Waals surface area (Å²) in [6.45, 7) is 0. The predicted molar refractivity (Wildman–Crippen MR) is 111 cm³/mol. The maximum Gasteiger partial charge on any atom is 0.418 e. The number of rotatable bonds is 2. The molecule has 0 aromatic heterocycles. The largest absolute Gasteiger partial charge is 0.508 e. The molecule has 158 valence electrons. The molecule has 3 aromatic rings. The van der Waals surface area contributed by atoms with Crippen molar-refractivity contribution in [2.24, 2.45) is 0 Å². The van der Waals surface area contributed by atoms with Gasteiger partial charge in [-0.15, -0.1) is 0 Å². The molecule has 1 unspecified atom stereocenters. The Morgan fingerprint density at radius 1 is 0.871 bits per heavy atom. The third-order valence-electron chi connectivity index (χ3n) is 5.84. The molecule has 1 atom stereocenters. The van der Waals surface area contributed by atoms with Crippen molar-refractivity contribution >= 4 is 11.4 Å². The van der Waals surface area contributed by atoms with Gasteiger partial charge in [0.15, 0.2) is 0 Å². The fraction of sp³-hybridized carbons (Fsp3) is 0.167. The molecule has 0 spiro atoms. The Kier molecular flexibility index (Phi) is 4.36. The fourth-order valence-corrected chi connectivity index (χ4v) is 4.47. The number of hydrazine groups is 1. The van der Waals surface area contributed by atoms with Crippen molar-refractivity contribution in [3.05, 3.63) is 94.6 Å². The molecule has 4 nitrogen and oxygen atoms in total. The summed E-state index contributed by atoms with van der Waals surface area (Å²) < 4.78 is 41.4. The second kappa shape index (κ2) is 6.97. The van der Waals surface area contributed by atoms with E-state index in [-0.39, 0.29) is 17.2 Å². The zero-order valence-electron chi connectivity index (χ0n) is 16.3. The third kappa shape index (κ3) is 3.26. The molecule has 2 aliphatic rings. The number of hydrogen-bond donors (Lipinski definition) is 3. The molecule has 3 aromatic carbocycles. The van der Waals surface area contributed by atoms with E-state index in [0.29, 0.717) is 12.8 Å². The van der Waals surface area contributed by atoms with Crippen molar-refractivity contribution in [2.75, 3.05) is 5.01 Å². The molecule has 1 heterocycles. The lowest BCUT2D eigenvalue weighted by molar-refractivity contribution is -0.137. The van der Waals surface area contributed by atoms with E-state index in [4.69, 9.17) is 0 Å². The highest BCUT2D eigenvalue weighted by Gasteiger charge is 2.41. The van der Waals surface area contributed by atoms with Crippen molar-refractivity contribution in [2.45, 2.75) is 25.1 Å². The summed E-state index contributed by atoms with van der Waals surface area (Å²) in [5, 5.41) is 21.1. The molecule has 0 fully saturated rings. The monoisotopic (exact) mass is 424 g/mol. The molecule has 0 bridgehead atoms. The first-order valence-electron chi connectivity index (χ1n) is 9.89. The van der Waals surface area contributed by atoms with Crippen LogP contribution in [0, 0.1) is 0 Å². The van der Waals surface area contributed by atoms with Crippen molar-refractivity contribution in [3.8, 4) is 11.5 Å². The van der Waals surface area contributed by atoms with Gasteiger partial charge < -0.3 is 10.2 Å². The average Bonchev–Trinajstić information content (AvgIpc) is 3.13. The Labute approximate surface area is 176 Å². The maximum absolute atomic E-state index is 13.8. The second-order valence-electron chi connectivity index (χ2n) is 7.73. The lowest BCUT2D eigenvalue weighted by Gasteiger charge is -2.31. The Morgan fingerprint density at radius 3 is 2.32 bits per heavy atom. The van der Waals surface area contributed by atoms with Crippen LogP contribution in [0.15, 0.2) is 72.3 Å². The van der Waals surface area contributed by atoms with E-state index < -0.39 is 17.8 Å². The molecule has 0 amide bonds. The molecule has 1 aliphatic carbocycles. The van der Waals surface area contributed by atoms with Gasteiger partial charge in [-0.05, 0) is 72.0 Å². The first-order chi connectivity index (χ1) is 14.8. The first kappa shape index (κ1) is 19.4.